The fourth-order valence-corrected chi connectivity index (χ4v) is 0.988. The fraction of sp³-hybridized carbons (Fsp3) is 0.353. The first-order chi connectivity index (χ1) is 10.5. The molecular weight excluding hydrogens is 281 g/mol. The maximum Gasteiger partial charge on any atom is 0.165 e. The fourth-order valence-electron chi connectivity index (χ4n) is 0.988. The molecule has 1 N–H and O–H groups in total. The average Bonchev–Trinajstić information content (AvgIpc) is 2.60. The second kappa shape index (κ2) is 16.6. The Balaban J connectivity index is -0.000000826. The zero-order chi connectivity index (χ0) is 18.1. The lowest BCUT2D eigenvalue weighted by Crippen LogP contribution is -2.23. The molecule has 5 heteroatoms. The summed E-state index contributed by atoms with van der Waals surface area (Å²) in [5, 5.41) is 15.7. The van der Waals surface area contributed by atoms with E-state index in [4.69, 9.17) is 10.7 Å². The van der Waals surface area contributed by atoms with Crippen LogP contribution >= 0.6 is 0 Å². The zero-order valence-electron chi connectivity index (χ0n) is 14.1. The number of halogens is 1. The lowest BCUT2D eigenvalue weighted by Gasteiger charge is -2.17. The molecule has 0 fully saturated rings. The molecule has 0 rings (SSSR count). The van der Waals surface area contributed by atoms with Crippen molar-refractivity contribution in [3.8, 4) is 6.07 Å². The lowest BCUT2D eigenvalue weighted by molar-refractivity contribution is -0.105. The Hall–Kier alpha value is -2.48. The molecule has 4 nitrogen and oxygen atoms in total. The third kappa shape index (κ3) is 10.3. The van der Waals surface area contributed by atoms with Crippen molar-refractivity contribution in [2.45, 2.75) is 34.6 Å². The van der Waals surface area contributed by atoms with E-state index in [1.54, 1.807) is 6.07 Å². The molecule has 0 aliphatic rings. The molecule has 0 aliphatic heterocycles. The molecule has 0 bridgehead atoms. The smallest absolute Gasteiger partial charge is 0.165 e. The summed E-state index contributed by atoms with van der Waals surface area (Å²) < 4.78 is 13.4. The molecule has 0 aromatic rings. The van der Waals surface area contributed by atoms with Crippen molar-refractivity contribution in [1.29, 1.82) is 10.7 Å². The molecule has 0 heterocycles. The Bertz CT molecular complexity index is 471. The van der Waals surface area contributed by atoms with E-state index in [0.717, 1.165) is 12.4 Å². The van der Waals surface area contributed by atoms with Gasteiger partial charge in [-0.05, 0) is 18.6 Å². The van der Waals surface area contributed by atoms with Gasteiger partial charge in [0.05, 0.1) is 23.7 Å². The minimum absolute atomic E-state index is 0.0510. The number of nitriles is 1. The number of nitrogens with one attached hydrogen (secondary N) is 1. The average molecular weight is 307 g/mol. The van der Waals surface area contributed by atoms with E-state index in [1.807, 2.05) is 27.7 Å². The molecule has 0 unspecified atom stereocenters. The Labute approximate surface area is 133 Å². The number of aldehydes is 1. The van der Waals surface area contributed by atoms with Crippen molar-refractivity contribution < 1.29 is 9.18 Å². The number of allylic oxidation sites excluding steroid dienone is 4. The molecule has 0 amide bonds. The lowest BCUT2D eigenvalue weighted by atomic mass is 10.2. The molecule has 0 aromatic heterocycles. The third-order valence-electron chi connectivity index (χ3n) is 2.11. The van der Waals surface area contributed by atoms with E-state index >= 15 is 0 Å². The van der Waals surface area contributed by atoms with Crippen molar-refractivity contribution >= 4 is 12.6 Å². The van der Waals surface area contributed by atoms with Gasteiger partial charge < -0.3 is 4.90 Å². The highest BCUT2D eigenvalue weighted by atomic mass is 19.1. The summed E-state index contributed by atoms with van der Waals surface area (Å²) in [7, 11) is 0. The van der Waals surface area contributed by atoms with Crippen LogP contribution in [0.3, 0.4) is 0 Å². The molecule has 0 radical (unpaired) electrons. The van der Waals surface area contributed by atoms with Crippen molar-refractivity contribution in [3.63, 3.8) is 0 Å². The molecule has 0 saturated carbocycles. The van der Waals surface area contributed by atoms with Crippen LogP contribution in [0.5, 0.6) is 0 Å². The number of hydrogen-bond donors (Lipinski definition) is 1. The van der Waals surface area contributed by atoms with Gasteiger partial charge in [0.1, 0.15) is 5.83 Å². The van der Waals surface area contributed by atoms with E-state index in [1.165, 1.54) is 17.9 Å². The highest BCUT2D eigenvalue weighted by Crippen LogP contribution is 2.12. The number of nitrogens with zero attached hydrogens (tertiary/aromatic N) is 2. The van der Waals surface area contributed by atoms with Crippen molar-refractivity contribution in [3.05, 3.63) is 48.0 Å². The third-order valence-corrected chi connectivity index (χ3v) is 2.11. The zero-order valence-corrected chi connectivity index (χ0v) is 14.1. The summed E-state index contributed by atoms with van der Waals surface area (Å²) in [4.78, 5) is 11.8. The van der Waals surface area contributed by atoms with Crippen molar-refractivity contribution in [2.75, 3.05) is 6.54 Å². The van der Waals surface area contributed by atoms with Gasteiger partial charge in [0, 0.05) is 6.54 Å². The Morgan fingerprint density at radius 1 is 1.36 bits per heavy atom. The molecule has 22 heavy (non-hydrogen) atoms. The van der Waals surface area contributed by atoms with Gasteiger partial charge in [0.25, 0.3) is 0 Å². The second-order valence-corrected chi connectivity index (χ2v) is 3.37. The maximum atomic E-state index is 13.4. The SMILES string of the molecule is C=C/C(=C\C(F)=C(/C)C#N)CN(C=N)C(=C)C=O.CC.CC. The van der Waals surface area contributed by atoms with E-state index in [2.05, 4.69) is 13.2 Å². The largest absolute Gasteiger partial charge is 0.326 e. The van der Waals surface area contributed by atoms with Crippen LogP contribution in [0.4, 0.5) is 4.39 Å². The van der Waals surface area contributed by atoms with Gasteiger partial charge in [0.15, 0.2) is 6.29 Å². The Morgan fingerprint density at radius 3 is 2.18 bits per heavy atom. The number of hydrogen-bond acceptors (Lipinski definition) is 3. The van der Waals surface area contributed by atoms with Crippen LogP contribution in [0.1, 0.15) is 34.6 Å². The first-order valence-corrected chi connectivity index (χ1v) is 7.01. The van der Waals surface area contributed by atoms with Crippen LogP contribution in [0.2, 0.25) is 0 Å². The summed E-state index contributed by atoms with van der Waals surface area (Å²) in [5.74, 6) is -0.672. The number of carbonyl (C=O) groups is 1. The van der Waals surface area contributed by atoms with Crippen molar-refractivity contribution in [2.24, 2.45) is 0 Å². The van der Waals surface area contributed by atoms with Crippen LogP contribution in [0.25, 0.3) is 0 Å². The number of carbonyl (C=O) groups excluding carboxylic acids is 1. The van der Waals surface area contributed by atoms with Gasteiger partial charge in [-0.2, -0.15) is 5.26 Å². The molecule has 0 aliphatic carbocycles. The van der Waals surface area contributed by atoms with Gasteiger partial charge in [-0.15, -0.1) is 0 Å². The van der Waals surface area contributed by atoms with Crippen LogP contribution in [-0.4, -0.2) is 24.1 Å². The topological polar surface area (TPSA) is 68.0 Å². The summed E-state index contributed by atoms with van der Waals surface area (Å²) in [6.07, 6.45) is 3.93. The van der Waals surface area contributed by atoms with Crippen LogP contribution in [0.15, 0.2) is 48.0 Å². The van der Waals surface area contributed by atoms with Crippen molar-refractivity contribution in [1.82, 2.24) is 4.90 Å². The maximum absolute atomic E-state index is 13.4. The Morgan fingerprint density at radius 2 is 1.86 bits per heavy atom. The minimum Gasteiger partial charge on any atom is -0.326 e. The van der Waals surface area contributed by atoms with Gasteiger partial charge in [0.2, 0.25) is 0 Å². The van der Waals surface area contributed by atoms with E-state index in [-0.39, 0.29) is 17.8 Å². The highest BCUT2D eigenvalue weighted by molar-refractivity contribution is 5.76. The molecular formula is C17H26FN3O. The predicted molar refractivity (Wildman–Crippen MR) is 91.1 cm³/mol. The van der Waals surface area contributed by atoms with E-state index in [0.29, 0.717) is 11.9 Å². The summed E-state index contributed by atoms with van der Waals surface area (Å²) in [6.45, 7) is 16.4. The molecule has 0 spiro atoms. The van der Waals surface area contributed by atoms with Gasteiger partial charge in [-0.1, -0.05) is 46.9 Å². The van der Waals surface area contributed by atoms with Gasteiger partial charge in [-0.25, -0.2) is 4.39 Å². The van der Waals surface area contributed by atoms with Gasteiger partial charge in [-0.3, -0.25) is 10.2 Å². The van der Waals surface area contributed by atoms with Gasteiger partial charge >= 0.3 is 0 Å². The molecule has 0 saturated heterocycles. The molecule has 0 atom stereocenters. The molecule has 0 aromatic carbocycles. The standard InChI is InChI=1S/C13H14FN3O.2C2H6/c1-4-12(5-13(14)10(2)6-15)7-17(9-16)11(3)8-18;2*1-2/h4-5,8-9,16H,1,3,7H2,2H3;2*1-2H3/b12-5+,13-10-,16-9?;;. The first-order valence-electron chi connectivity index (χ1n) is 7.01. The predicted octanol–water partition coefficient (Wildman–Crippen LogP) is 4.54. The summed E-state index contributed by atoms with van der Waals surface area (Å²) in [5.41, 5.74) is 0.456. The van der Waals surface area contributed by atoms with E-state index < -0.39 is 5.83 Å². The molecule has 122 valence electrons. The summed E-state index contributed by atoms with van der Waals surface area (Å²) >= 11 is 0. The highest BCUT2D eigenvalue weighted by Gasteiger charge is 2.06. The number of rotatable bonds is 7. The van der Waals surface area contributed by atoms with E-state index in [9.17, 15) is 9.18 Å². The second-order valence-electron chi connectivity index (χ2n) is 3.37. The van der Waals surface area contributed by atoms with Crippen LogP contribution in [-0.2, 0) is 4.79 Å². The normalized spacial score (nSPS) is 10.3. The Kier molecular flexibility index (Phi) is 18.5. The summed E-state index contributed by atoms with van der Waals surface area (Å²) in [6, 6.07) is 1.69. The van der Waals surface area contributed by atoms with Crippen LogP contribution < -0.4 is 0 Å². The monoisotopic (exact) mass is 307 g/mol. The van der Waals surface area contributed by atoms with Crippen LogP contribution in [0, 0.1) is 16.7 Å². The minimum atomic E-state index is -0.672. The quantitative estimate of drug-likeness (QED) is 0.187. The first kappa shape index (κ1) is 24.5.